The average molecular weight is 299 g/mol. The highest BCUT2D eigenvalue weighted by Crippen LogP contribution is 2.24. The van der Waals surface area contributed by atoms with Crippen molar-refractivity contribution in [2.24, 2.45) is 0 Å². The van der Waals surface area contributed by atoms with E-state index in [9.17, 15) is 9.18 Å². The van der Waals surface area contributed by atoms with Crippen LogP contribution in [0.1, 0.15) is 38.3 Å². The molecule has 110 valence electrons. The Kier molecular flexibility index (Phi) is 5.00. The van der Waals surface area contributed by atoms with E-state index in [0.29, 0.717) is 5.02 Å². The summed E-state index contributed by atoms with van der Waals surface area (Å²) in [6, 6.07) is 3.95. The predicted molar refractivity (Wildman–Crippen MR) is 78.2 cm³/mol. The highest BCUT2D eigenvalue weighted by molar-refractivity contribution is 6.31. The zero-order valence-corrected chi connectivity index (χ0v) is 12.6. The molecule has 1 N–H and O–H groups in total. The molecular weight excluding hydrogens is 279 g/mol. The number of amides is 1. The molecule has 0 saturated carbocycles. The first kappa shape index (κ1) is 15.3. The lowest BCUT2D eigenvalue weighted by molar-refractivity contribution is -0.132. The van der Waals surface area contributed by atoms with Crippen LogP contribution in [0.3, 0.4) is 0 Å². The first-order valence-corrected chi connectivity index (χ1v) is 7.36. The standard InChI is InChI=1S/C15H20ClFN2O/c1-10(13-6-5-12(17)9-14(13)16)18-11(2)15(20)19-7-3-4-8-19/h5-6,9-11,18H,3-4,7-8H2,1-2H3. The van der Waals surface area contributed by atoms with Crippen molar-refractivity contribution < 1.29 is 9.18 Å². The summed E-state index contributed by atoms with van der Waals surface area (Å²) in [5, 5.41) is 3.62. The van der Waals surface area contributed by atoms with Crippen molar-refractivity contribution in [2.45, 2.75) is 38.8 Å². The maximum atomic E-state index is 13.0. The van der Waals surface area contributed by atoms with Gasteiger partial charge in [-0.2, -0.15) is 0 Å². The molecule has 1 aromatic rings. The zero-order chi connectivity index (χ0) is 14.7. The Morgan fingerprint density at radius 2 is 2.00 bits per heavy atom. The van der Waals surface area contributed by atoms with Gasteiger partial charge in [0.2, 0.25) is 5.91 Å². The van der Waals surface area contributed by atoms with E-state index in [1.165, 1.54) is 12.1 Å². The Balaban J connectivity index is 1.99. The number of hydrogen-bond donors (Lipinski definition) is 1. The number of nitrogens with zero attached hydrogens (tertiary/aromatic N) is 1. The van der Waals surface area contributed by atoms with Crippen molar-refractivity contribution in [2.75, 3.05) is 13.1 Å². The second-order valence-corrected chi connectivity index (χ2v) is 5.72. The number of halogens is 2. The molecule has 3 nitrogen and oxygen atoms in total. The van der Waals surface area contributed by atoms with Gasteiger partial charge in [0.1, 0.15) is 5.82 Å². The number of carbonyl (C=O) groups is 1. The maximum Gasteiger partial charge on any atom is 0.239 e. The van der Waals surface area contributed by atoms with Gasteiger partial charge in [-0.05, 0) is 44.4 Å². The molecule has 1 aromatic carbocycles. The Morgan fingerprint density at radius 3 is 2.60 bits per heavy atom. The van der Waals surface area contributed by atoms with Gasteiger partial charge in [0.05, 0.1) is 6.04 Å². The normalized spacial score (nSPS) is 18.1. The van der Waals surface area contributed by atoms with Gasteiger partial charge in [0, 0.05) is 24.2 Å². The molecule has 1 aliphatic heterocycles. The van der Waals surface area contributed by atoms with Crippen LogP contribution in [-0.4, -0.2) is 29.9 Å². The van der Waals surface area contributed by atoms with Gasteiger partial charge in [0.15, 0.2) is 0 Å². The largest absolute Gasteiger partial charge is 0.341 e. The van der Waals surface area contributed by atoms with Gasteiger partial charge in [-0.1, -0.05) is 17.7 Å². The molecule has 20 heavy (non-hydrogen) atoms. The summed E-state index contributed by atoms with van der Waals surface area (Å²) in [7, 11) is 0. The van der Waals surface area contributed by atoms with Crippen molar-refractivity contribution >= 4 is 17.5 Å². The molecule has 0 aromatic heterocycles. The second kappa shape index (κ2) is 6.55. The number of benzene rings is 1. The van der Waals surface area contributed by atoms with Crippen LogP contribution in [0, 0.1) is 5.82 Å². The minimum Gasteiger partial charge on any atom is -0.341 e. The fraction of sp³-hybridized carbons (Fsp3) is 0.533. The molecule has 0 aliphatic carbocycles. The third kappa shape index (κ3) is 3.49. The van der Waals surface area contributed by atoms with E-state index in [1.807, 2.05) is 18.7 Å². The number of likely N-dealkylation sites (tertiary alicyclic amines) is 1. The monoisotopic (exact) mass is 298 g/mol. The van der Waals surface area contributed by atoms with Crippen LogP contribution in [0.2, 0.25) is 5.02 Å². The Morgan fingerprint density at radius 1 is 1.35 bits per heavy atom. The van der Waals surface area contributed by atoms with Crippen LogP contribution in [-0.2, 0) is 4.79 Å². The van der Waals surface area contributed by atoms with Gasteiger partial charge >= 0.3 is 0 Å². The van der Waals surface area contributed by atoms with Crippen molar-refractivity contribution in [3.05, 3.63) is 34.6 Å². The van der Waals surface area contributed by atoms with Crippen LogP contribution in [0.15, 0.2) is 18.2 Å². The Hall–Kier alpha value is -1.13. The van der Waals surface area contributed by atoms with Crippen LogP contribution in [0.25, 0.3) is 0 Å². The lowest BCUT2D eigenvalue weighted by Crippen LogP contribution is -2.44. The Labute approximate surface area is 124 Å². The van der Waals surface area contributed by atoms with E-state index in [-0.39, 0.29) is 23.8 Å². The fourth-order valence-electron chi connectivity index (χ4n) is 2.60. The molecule has 0 radical (unpaired) electrons. The van der Waals surface area contributed by atoms with Crippen LogP contribution >= 0.6 is 11.6 Å². The number of hydrogen-bond acceptors (Lipinski definition) is 2. The van der Waals surface area contributed by atoms with E-state index in [2.05, 4.69) is 5.32 Å². The third-order valence-corrected chi connectivity index (χ3v) is 4.04. The first-order chi connectivity index (χ1) is 9.49. The molecule has 1 heterocycles. The summed E-state index contributed by atoms with van der Waals surface area (Å²) < 4.78 is 13.0. The van der Waals surface area contributed by atoms with Gasteiger partial charge in [0.25, 0.3) is 0 Å². The van der Waals surface area contributed by atoms with Crippen molar-refractivity contribution in [3.8, 4) is 0 Å². The molecule has 1 fully saturated rings. The molecule has 0 bridgehead atoms. The smallest absolute Gasteiger partial charge is 0.239 e. The molecular formula is C15H20ClFN2O. The Bertz CT molecular complexity index is 489. The maximum absolute atomic E-state index is 13.0. The summed E-state index contributed by atoms with van der Waals surface area (Å²) in [6.45, 7) is 5.47. The second-order valence-electron chi connectivity index (χ2n) is 5.31. The third-order valence-electron chi connectivity index (χ3n) is 3.72. The highest BCUT2D eigenvalue weighted by Gasteiger charge is 2.24. The number of nitrogens with one attached hydrogen (secondary N) is 1. The van der Waals surface area contributed by atoms with E-state index in [4.69, 9.17) is 11.6 Å². The minimum absolute atomic E-state index is 0.107. The van der Waals surface area contributed by atoms with Crippen LogP contribution in [0.4, 0.5) is 4.39 Å². The van der Waals surface area contributed by atoms with Crippen molar-refractivity contribution in [1.82, 2.24) is 10.2 Å². The first-order valence-electron chi connectivity index (χ1n) is 6.99. The molecule has 0 spiro atoms. The van der Waals surface area contributed by atoms with Gasteiger partial charge in [-0.3, -0.25) is 10.1 Å². The van der Waals surface area contributed by atoms with E-state index in [0.717, 1.165) is 31.5 Å². The summed E-state index contributed by atoms with van der Waals surface area (Å²) in [5.74, 6) is -0.236. The number of carbonyl (C=O) groups excluding carboxylic acids is 1. The summed E-state index contributed by atoms with van der Waals surface area (Å²) in [6.07, 6.45) is 2.16. The van der Waals surface area contributed by atoms with Crippen molar-refractivity contribution in [1.29, 1.82) is 0 Å². The molecule has 5 heteroatoms. The van der Waals surface area contributed by atoms with E-state index in [1.54, 1.807) is 6.07 Å². The van der Waals surface area contributed by atoms with Crippen LogP contribution in [0.5, 0.6) is 0 Å². The van der Waals surface area contributed by atoms with Crippen LogP contribution < -0.4 is 5.32 Å². The molecule has 1 aliphatic rings. The molecule has 2 rings (SSSR count). The van der Waals surface area contributed by atoms with Crippen molar-refractivity contribution in [3.63, 3.8) is 0 Å². The number of rotatable bonds is 4. The predicted octanol–water partition coefficient (Wildman–Crippen LogP) is 3.14. The van der Waals surface area contributed by atoms with E-state index >= 15 is 0 Å². The summed E-state index contributed by atoms with van der Waals surface area (Å²) >= 11 is 6.04. The molecule has 1 saturated heterocycles. The fourth-order valence-corrected chi connectivity index (χ4v) is 2.93. The summed E-state index contributed by atoms with van der Waals surface area (Å²) in [5.41, 5.74) is 0.800. The van der Waals surface area contributed by atoms with Gasteiger partial charge < -0.3 is 4.90 Å². The lowest BCUT2D eigenvalue weighted by Gasteiger charge is -2.24. The van der Waals surface area contributed by atoms with Gasteiger partial charge in [-0.15, -0.1) is 0 Å². The lowest BCUT2D eigenvalue weighted by atomic mass is 10.1. The minimum atomic E-state index is -0.354. The topological polar surface area (TPSA) is 32.3 Å². The van der Waals surface area contributed by atoms with E-state index < -0.39 is 0 Å². The molecule has 2 atom stereocenters. The SMILES string of the molecule is CC(NC(C)c1ccc(F)cc1Cl)C(=O)N1CCCC1. The zero-order valence-electron chi connectivity index (χ0n) is 11.8. The van der Waals surface area contributed by atoms with Gasteiger partial charge in [-0.25, -0.2) is 4.39 Å². The quantitative estimate of drug-likeness (QED) is 0.926. The molecule has 1 amide bonds. The highest BCUT2D eigenvalue weighted by atomic mass is 35.5. The molecule has 2 unspecified atom stereocenters. The average Bonchev–Trinajstić information content (AvgIpc) is 2.91. The summed E-state index contributed by atoms with van der Waals surface area (Å²) in [4.78, 5) is 14.1.